The molecular weight excluding hydrogens is 304 g/mol. The van der Waals surface area contributed by atoms with Crippen LogP contribution in [0.15, 0.2) is 6.20 Å². The Labute approximate surface area is 143 Å². The zero-order valence-electron chi connectivity index (χ0n) is 14.8. The van der Waals surface area contributed by atoms with Crippen LogP contribution >= 0.6 is 0 Å². The van der Waals surface area contributed by atoms with Gasteiger partial charge in [0, 0.05) is 31.7 Å². The van der Waals surface area contributed by atoms with E-state index in [0.29, 0.717) is 18.9 Å². The lowest BCUT2D eigenvalue weighted by atomic mass is 9.93. The highest BCUT2D eigenvalue weighted by atomic mass is 16.2. The summed E-state index contributed by atoms with van der Waals surface area (Å²) in [6, 6.07) is 0.340. The van der Waals surface area contributed by atoms with Crippen LogP contribution in [0.1, 0.15) is 69.9 Å². The fraction of sp³-hybridized carbons (Fsp3) is 0.722. The zero-order chi connectivity index (χ0) is 17.1. The fourth-order valence-electron chi connectivity index (χ4n) is 3.44. The first-order chi connectivity index (χ1) is 11.6. The minimum atomic E-state index is -0.0217. The molecule has 132 valence electrons. The first-order valence-electron chi connectivity index (χ1n) is 9.23. The summed E-state index contributed by atoms with van der Waals surface area (Å²) in [4.78, 5) is 31.0. The lowest BCUT2D eigenvalue weighted by molar-refractivity contribution is -0.134. The molecule has 0 aromatic carbocycles. The molecule has 6 heteroatoms. The van der Waals surface area contributed by atoms with Crippen molar-refractivity contribution in [2.75, 3.05) is 6.54 Å². The Morgan fingerprint density at radius 1 is 1.33 bits per heavy atom. The van der Waals surface area contributed by atoms with Crippen LogP contribution < -0.4 is 5.32 Å². The standard InChI is InChI=1S/C18H28N4O2/c1-3-4-8-17(24)22-10-9-21-12-15(20-18(21)13(22)2)11-16(23)19-14-6-5-7-14/h12-14H,3-11H2,1-2H3,(H,19,23)/t13-/m0/s1. The van der Waals surface area contributed by atoms with E-state index in [4.69, 9.17) is 0 Å². The fourth-order valence-corrected chi connectivity index (χ4v) is 3.44. The highest BCUT2D eigenvalue weighted by Gasteiger charge is 2.29. The molecule has 1 N–H and O–H groups in total. The minimum absolute atomic E-state index is 0.0217. The molecule has 0 bridgehead atoms. The summed E-state index contributed by atoms with van der Waals surface area (Å²) < 4.78 is 2.10. The van der Waals surface area contributed by atoms with E-state index in [0.717, 1.165) is 50.3 Å². The number of hydrogen-bond donors (Lipinski definition) is 1. The minimum Gasteiger partial charge on any atom is -0.353 e. The SMILES string of the molecule is CCCCC(=O)N1CCn2cc(CC(=O)NC3CCC3)nc2[C@@H]1C. The van der Waals surface area contributed by atoms with E-state index in [1.54, 1.807) is 0 Å². The molecule has 1 aromatic heterocycles. The summed E-state index contributed by atoms with van der Waals surface area (Å²) in [6.45, 7) is 5.61. The number of aromatic nitrogens is 2. The maximum Gasteiger partial charge on any atom is 0.226 e. The number of fused-ring (bicyclic) bond motifs is 1. The van der Waals surface area contributed by atoms with Crippen molar-refractivity contribution >= 4 is 11.8 Å². The van der Waals surface area contributed by atoms with Crippen LogP contribution in [0.5, 0.6) is 0 Å². The quantitative estimate of drug-likeness (QED) is 0.868. The van der Waals surface area contributed by atoms with E-state index < -0.39 is 0 Å². The highest BCUT2D eigenvalue weighted by Crippen LogP contribution is 2.26. The van der Waals surface area contributed by atoms with Crippen LogP contribution in [0.25, 0.3) is 0 Å². The van der Waals surface area contributed by atoms with E-state index in [1.807, 2.05) is 18.0 Å². The van der Waals surface area contributed by atoms with Crippen molar-refractivity contribution in [2.45, 2.75) is 77.4 Å². The van der Waals surface area contributed by atoms with Gasteiger partial charge in [0.05, 0.1) is 18.2 Å². The van der Waals surface area contributed by atoms with Gasteiger partial charge in [-0.15, -0.1) is 0 Å². The average Bonchev–Trinajstić information content (AvgIpc) is 2.92. The van der Waals surface area contributed by atoms with Crippen molar-refractivity contribution < 1.29 is 9.59 Å². The van der Waals surface area contributed by atoms with E-state index in [9.17, 15) is 9.59 Å². The van der Waals surface area contributed by atoms with Gasteiger partial charge in [-0.2, -0.15) is 0 Å². The zero-order valence-corrected chi connectivity index (χ0v) is 14.8. The molecule has 1 aliphatic carbocycles. The molecule has 1 fully saturated rings. The molecule has 0 radical (unpaired) electrons. The van der Waals surface area contributed by atoms with Crippen molar-refractivity contribution in [1.82, 2.24) is 19.8 Å². The summed E-state index contributed by atoms with van der Waals surface area (Å²) in [5.74, 6) is 1.17. The molecule has 2 aliphatic rings. The summed E-state index contributed by atoms with van der Waals surface area (Å²) >= 11 is 0. The van der Waals surface area contributed by atoms with E-state index in [2.05, 4.69) is 21.8 Å². The number of unbranched alkanes of at least 4 members (excludes halogenated alkanes) is 1. The second kappa shape index (κ2) is 7.36. The molecule has 1 aliphatic heterocycles. The lowest BCUT2D eigenvalue weighted by Crippen LogP contribution is -2.41. The van der Waals surface area contributed by atoms with Crippen LogP contribution in [0.3, 0.4) is 0 Å². The van der Waals surface area contributed by atoms with Crippen molar-refractivity contribution in [3.8, 4) is 0 Å². The second-order valence-corrected chi connectivity index (χ2v) is 7.02. The van der Waals surface area contributed by atoms with Gasteiger partial charge in [0.15, 0.2) is 0 Å². The third-order valence-electron chi connectivity index (χ3n) is 5.16. The van der Waals surface area contributed by atoms with Crippen molar-refractivity contribution in [2.24, 2.45) is 0 Å². The van der Waals surface area contributed by atoms with Gasteiger partial charge in [-0.05, 0) is 32.6 Å². The molecular formula is C18H28N4O2. The molecule has 2 amide bonds. The molecule has 1 saturated carbocycles. The third-order valence-corrected chi connectivity index (χ3v) is 5.16. The van der Waals surface area contributed by atoms with Gasteiger partial charge in [0.25, 0.3) is 0 Å². The van der Waals surface area contributed by atoms with Gasteiger partial charge in [0.1, 0.15) is 5.82 Å². The number of nitrogens with zero attached hydrogens (tertiary/aromatic N) is 3. The Kier molecular flexibility index (Phi) is 5.21. The molecule has 0 unspecified atom stereocenters. The summed E-state index contributed by atoms with van der Waals surface area (Å²) in [7, 11) is 0. The highest BCUT2D eigenvalue weighted by molar-refractivity contribution is 5.78. The number of rotatable bonds is 6. The van der Waals surface area contributed by atoms with E-state index in [1.165, 1.54) is 6.42 Å². The average molecular weight is 332 g/mol. The summed E-state index contributed by atoms with van der Waals surface area (Å²) in [5.41, 5.74) is 0.802. The van der Waals surface area contributed by atoms with Crippen LogP contribution in [0.2, 0.25) is 0 Å². The van der Waals surface area contributed by atoms with Gasteiger partial charge in [-0.25, -0.2) is 4.98 Å². The Balaban J connectivity index is 1.62. The number of carbonyl (C=O) groups is 2. The maximum absolute atomic E-state index is 12.3. The van der Waals surface area contributed by atoms with Crippen molar-refractivity contribution in [3.05, 3.63) is 17.7 Å². The van der Waals surface area contributed by atoms with Crippen molar-refractivity contribution in [3.63, 3.8) is 0 Å². The Bertz CT molecular complexity index is 606. The monoisotopic (exact) mass is 332 g/mol. The van der Waals surface area contributed by atoms with Gasteiger partial charge in [-0.3, -0.25) is 9.59 Å². The van der Waals surface area contributed by atoms with Crippen LogP contribution in [0.4, 0.5) is 0 Å². The van der Waals surface area contributed by atoms with E-state index in [-0.39, 0.29) is 17.9 Å². The predicted octanol–water partition coefficient (Wildman–Crippen LogP) is 2.19. The molecule has 24 heavy (non-hydrogen) atoms. The molecule has 6 nitrogen and oxygen atoms in total. The third kappa shape index (κ3) is 3.62. The summed E-state index contributed by atoms with van der Waals surface area (Å²) in [6.07, 6.45) is 8.27. The van der Waals surface area contributed by atoms with Crippen LogP contribution in [-0.4, -0.2) is 38.9 Å². The Hall–Kier alpha value is -1.85. The predicted molar refractivity (Wildman–Crippen MR) is 91.4 cm³/mol. The smallest absolute Gasteiger partial charge is 0.226 e. The largest absolute Gasteiger partial charge is 0.353 e. The molecule has 0 spiro atoms. The number of hydrogen-bond acceptors (Lipinski definition) is 3. The first-order valence-corrected chi connectivity index (χ1v) is 9.23. The molecule has 0 saturated heterocycles. The summed E-state index contributed by atoms with van der Waals surface area (Å²) in [5, 5.41) is 3.05. The van der Waals surface area contributed by atoms with Crippen LogP contribution in [-0.2, 0) is 22.6 Å². The Morgan fingerprint density at radius 3 is 2.79 bits per heavy atom. The normalized spacial score (nSPS) is 20.4. The van der Waals surface area contributed by atoms with Gasteiger partial charge in [0.2, 0.25) is 11.8 Å². The molecule has 3 rings (SSSR count). The Morgan fingerprint density at radius 2 is 2.12 bits per heavy atom. The molecule has 2 heterocycles. The first kappa shape index (κ1) is 17.0. The topological polar surface area (TPSA) is 67.2 Å². The maximum atomic E-state index is 12.3. The van der Waals surface area contributed by atoms with E-state index >= 15 is 0 Å². The van der Waals surface area contributed by atoms with Gasteiger partial charge in [-0.1, -0.05) is 13.3 Å². The number of amides is 2. The number of nitrogens with one attached hydrogen (secondary N) is 1. The van der Waals surface area contributed by atoms with Gasteiger partial charge < -0.3 is 14.8 Å². The van der Waals surface area contributed by atoms with Crippen LogP contribution in [0, 0.1) is 0 Å². The van der Waals surface area contributed by atoms with Gasteiger partial charge >= 0.3 is 0 Å². The molecule has 1 atom stereocenters. The van der Waals surface area contributed by atoms with Crippen molar-refractivity contribution in [1.29, 1.82) is 0 Å². The lowest BCUT2D eigenvalue weighted by Gasteiger charge is -2.33. The molecule has 1 aromatic rings. The second-order valence-electron chi connectivity index (χ2n) is 7.02. The number of carbonyl (C=O) groups excluding carboxylic acids is 2. The number of imidazole rings is 1.